The van der Waals surface area contributed by atoms with Crippen molar-refractivity contribution < 1.29 is 0 Å². The van der Waals surface area contributed by atoms with Crippen molar-refractivity contribution in [2.75, 3.05) is 0 Å². The summed E-state index contributed by atoms with van der Waals surface area (Å²) in [5, 5.41) is 5.70. The highest BCUT2D eigenvalue weighted by atomic mass is 35.5. The first-order chi connectivity index (χ1) is 17.2. The fourth-order valence-corrected chi connectivity index (χ4v) is 4.83. The molecule has 3 heterocycles. The minimum absolute atomic E-state index is 0.127. The van der Waals surface area contributed by atoms with Gasteiger partial charge in [-0.2, -0.15) is 9.78 Å². The minimum Gasteiger partial charge on any atom is -0.298 e. The van der Waals surface area contributed by atoms with Crippen LogP contribution in [0.25, 0.3) is 33.2 Å². The molecule has 6 rings (SSSR count). The molecule has 7 nitrogen and oxygen atoms in total. The molecular formula is C27H23ClN6O. The second kappa shape index (κ2) is 9.07. The highest BCUT2D eigenvalue weighted by Gasteiger charge is 2.20. The summed E-state index contributed by atoms with van der Waals surface area (Å²) in [7, 11) is 0. The van der Waals surface area contributed by atoms with Crippen molar-refractivity contribution in [3.8, 4) is 0 Å². The molecule has 0 atom stereocenters. The summed E-state index contributed by atoms with van der Waals surface area (Å²) in [4.78, 5) is 27.9. The van der Waals surface area contributed by atoms with Gasteiger partial charge in [0.15, 0.2) is 11.3 Å². The van der Waals surface area contributed by atoms with Gasteiger partial charge in [-0.3, -0.25) is 9.36 Å². The van der Waals surface area contributed by atoms with Crippen LogP contribution in [-0.4, -0.2) is 30.4 Å². The lowest BCUT2D eigenvalue weighted by Gasteiger charge is -2.13. The zero-order valence-electron chi connectivity index (χ0n) is 19.1. The Morgan fingerprint density at radius 1 is 1.03 bits per heavy atom. The molecule has 0 aliphatic heterocycles. The predicted octanol–water partition coefficient (Wildman–Crippen LogP) is 5.72. The highest BCUT2D eigenvalue weighted by Crippen LogP contribution is 2.25. The number of para-hydroxylation sites is 2. The van der Waals surface area contributed by atoms with E-state index in [1.54, 1.807) is 21.8 Å². The van der Waals surface area contributed by atoms with E-state index < -0.39 is 0 Å². The SMILES string of the molecule is O=c1c2c3nc4ccccc4nc3n(N=Cc3cccc(Cl)c3)c2ncn1CCC1=CCCCC1. The van der Waals surface area contributed by atoms with Gasteiger partial charge in [0.05, 0.1) is 23.6 Å². The van der Waals surface area contributed by atoms with E-state index in [1.165, 1.54) is 18.4 Å². The summed E-state index contributed by atoms with van der Waals surface area (Å²) in [5.74, 6) is 0. The smallest absolute Gasteiger partial charge is 0.265 e. The van der Waals surface area contributed by atoms with Crippen LogP contribution in [0.15, 0.2) is 76.4 Å². The Hall–Kier alpha value is -3.84. The van der Waals surface area contributed by atoms with Gasteiger partial charge in [0.25, 0.3) is 5.56 Å². The third-order valence-electron chi connectivity index (χ3n) is 6.44. The van der Waals surface area contributed by atoms with E-state index in [9.17, 15) is 4.79 Å². The van der Waals surface area contributed by atoms with Gasteiger partial charge in [0.2, 0.25) is 0 Å². The normalized spacial score (nSPS) is 14.4. The number of hydrogen-bond donors (Lipinski definition) is 0. The van der Waals surface area contributed by atoms with Crippen LogP contribution in [0.2, 0.25) is 5.02 Å². The molecule has 174 valence electrons. The number of aryl methyl sites for hydroxylation is 1. The fourth-order valence-electron chi connectivity index (χ4n) is 4.63. The van der Waals surface area contributed by atoms with E-state index >= 15 is 0 Å². The van der Waals surface area contributed by atoms with Gasteiger partial charge in [0.1, 0.15) is 10.9 Å². The van der Waals surface area contributed by atoms with E-state index in [0.29, 0.717) is 33.8 Å². The molecule has 1 aliphatic carbocycles. The first-order valence-electron chi connectivity index (χ1n) is 11.8. The molecule has 0 fully saturated rings. The lowest BCUT2D eigenvalue weighted by molar-refractivity contribution is 0.610. The van der Waals surface area contributed by atoms with Gasteiger partial charge in [-0.05, 0) is 61.9 Å². The molecule has 8 heteroatoms. The number of fused-ring (bicyclic) bond motifs is 4. The maximum Gasteiger partial charge on any atom is 0.265 e. The number of rotatable bonds is 5. The van der Waals surface area contributed by atoms with Crippen molar-refractivity contribution >= 4 is 51.0 Å². The molecule has 0 N–H and O–H groups in total. The van der Waals surface area contributed by atoms with Gasteiger partial charge in [-0.1, -0.05) is 47.5 Å². The zero-order valence-corrected chi connectivity index (χ0v) is 19.8. The van der Waals surface area contributed by atoms with Gasteiger partial charge in [-0.25, -0.2) is 15.0 Å². The molecule has 0 unspecified atom stereocenters. The van der Waals surface area contributed by atoms with Crippen molar-refractivity contribution in [3.63, 3.8) is 0 Å². The van der Waals surface area contributed by atoms with Crippen LogP contribution in [-0.2, 0) is 6.54 Å². The standard InChI is InChI=1S/C27H23ClN6O/c28-20-10-6-9-19(15-20)16-30-34-25-23(24-26(34)32-22-12-5-4-11-21(22)31-24)27(35)33(17-29-25)14-13-18-7-2-1-3-8-18/h4-7,9-12,15-17H,1-3,8,13-14H2. The molecule has 0 spiro atoms. The average molecular weight is 483 g/mol. The van der Waals surface area contributed by atoms with E-state index in [0.717, 1.165) is 35.9 Å². The maximum absolute atomic E-state index is 13.6. The summed E-state index contributed by atoms with van der Waals surface area (Å²) < 4.78 is 3.28. The Labute approximate surface area is 206 Å². The second-order valence-electron chi connectivity index (χ2n) is 8.80. The van der Waals surface area contributed by atoms with Crippen LogP contribution in [0.4, 0.5) is 0 Å². The third kappa shape index (κ3) is 4.12. The maximum atomic E-state index is 13.6. The van der Waals surface area contributed by atoms with Gasteiger partial charge in [0, 0.05) is 11.6 Å². The summed E-state index contributed by atoms with van der Waals surface area (Å²) in [6, 6.07) is 15.0. The molecule has 0 radical (unpaired) electrons. The summed E-state index contributed by atoms with van der Waals surface area (Å²) >= 11 is 6.13. The van der Waals surface area contributed by atoms with Crippen LogP contribution in [0.5, 0.6) is 0 Å². The van der Waals surface area contributed by atoms with Crippen LogP contribution < -0.4 is 5.56 Å². The Balaban J connectivity index is 1.52. The average Bonchev–Trinajstić information content (AvgIpc) is 3.19. The minimum atomic E-state index is -0.127. The van der Waals surface area contributed by atoms with Gasteiger partial charge >= 0.3 is 0 Å². The topological polar surface area (TPSA) is 78.0 Å². The van der Waals surface area contributed by atoms with Crippen LogP contribution in [0.3, 0.4) is 0 Å². The molecule has 0 amide bonds. The first kappa shape index (κ1) is 21.7. The molecule has 0 bridgehead atoms. The van der Waals surface area contributed by atoms with Gasteiger partial charge in [-0.15, -0.1) is 0 Å². The quantitative estimate of drug-likeness (QED) is 0.237. The van der Waals surface area contributed by atoms with Crippen molar-refractivity contribution in [2.45, 2.75) is 38.6 Å². The van der Waals surface area contributed by atoms with Crippen LogP contribution in [0, 0.1) is 0 Å². The largest absolute Gasteiger partial charge is 0.298 e. The summed E-state index contributed by atoms with van der Waals surface area (Å²) in [5.41, 5.74) is 5.01. The number of hydrogen-bond acceptors (Lipinski definition) is 5. The molecule has 3 aromatic heterocycles. The molecule has 1 aliphatic rings. The molecule has 0 saturated carbocycles. The monoisotopic (exact) mass is 482 g/mol. The van der Waals surface area contributed by atoms with Crippen molar-refractivity contribution in [1.82, 2.24) is 24.2 Å². The predicted molar refractivity (Wildman–Crippen MR) is 140 cm³/mol. The number of aromatic nitrogens is 5. The van der Waals surface area contributed by atoms with Gasteiger partial charge < -0.3 is 0 Å². The fraction of sp³-hybridized carbons (Fsp3) is 0.222. The van der Waals surface area contributed by atoms with Crippen molar-refractivity contribution in [1.29, 1.82) is 0 Å². The summed E-state index contributed by atoms with van der Waals surface area (Å²) in [6.07, 6.45) is 11.2. The second-order valence-corrected chi connectivity index (χ2v) is 9.23. The Kier molecular flexibility index (Phi) is 5.62. The first-order valence-corrected chi connectivity index (χ1v) is 12.2. The number of benzene rings is 2. The molecular weight excluding hydrogens is 460 g/mol. The van der Waals surface area contributed by atoms with E-state index in [-0.39, 0.29) is 5.56 Å². The Morgan fingerprint density at radius 3 is 2.69 bits per heavy atom. The number of halogens is 1. The highest BCUT2D eigenvalue weighted by molar-refractivity contribution is 6.30. The Morgan fingerprint density at radius 2 is 1.89 bits per heavy atom. The zero-order chi connectivity index (χ0) is 23.8. The molecule has 0 saturated heterocycles. The van der Waals surface area contributed by atoms with Crippen molar-refractivity contribution in [2.24, 2.45) is 5.10 Å². The lowest BCUT2D eigenvalue weighted by atomic mass is 9.97. The lowest BCUT2D eigenvalue weighted by Crippen LogP contribution is -2.21. The summed E-state index contributed by atoms with van der Waals surface area (Å²) in [6.45, 7) is 0.590. The van der Waals surface area contributed by atoms with E-state index in [2.05, 4.69) is 16.2 Å². The third-order valence-corrected chi connectivity index (χ3v) is 6.67. The molecule has 35 heavy (non-hydrogen) atoms. The van der Waals surface area contributed by atoms with Crippen LogP contribution >= 0.6 is 11.6 Å². The van der Waals surface area contributed by atoms with E-state index in [1.807, 2.05) is 48.5 Å². The van der Waals surface area contributed by atoms with E-state index in [4.69, 9.17) is 21.6 Å². The molecule has 2 aromatic carbocycles. The van der Waals surface area contributed by atoms with Crippen molar-refractivity contribution in [3.05, 3.63) is 87.4 Å². The Bertz CT molecular complexity index is 1700. The number of nitrogens with zero attached hydrogens (tertiary/aromatic N) is 6. The molecule has 5 aromatic rings. The van der Waals surface area contributed by atoms with Crippen LogP contribution in [0.1, 0.15) is 37.7 Å². The number of allylic oxidation sites excluding steroid dienone is 2.